The Kier molecular flexibility index (Phi) is 6.34. The lowest BCUT2D eigenvalue weighted by atomic mass is 10.1. The van der Waals surface area contributed by atoms with Crippen LogP contribution in [0.5, 0.6) is 11.6 Å². The van der Waals surface area contributed by atoms with E-state index >= 15 is 0 Å². The maximum absolute atomic E-state index is 6.49. The van der Waals surface area contributed by atoms with Gasteiger partial charge in [0.05, 0.1) is 30.9 Å². The highest BCUT2D eigenvalue weighted by Gasteiger charge is 2.15. The van der Waals surface area contributed by atoms with Gasteiger partial charge in [0.25, 0.3) is 0 Å². The van der Waals surface area contributed by atoms with E-state index in [-0.39, 0.29) is 6.61 Å². The molecule has 0 saturated carbocycles. The number of fused-ring (bicyclic) bond motifs is 1. The summed E-state index contributed by atoms with van der Waals surface area (Å²) in [4.78, 5) is 13.2. The maximum Gasteiger partial charge on any atom is 0.213 e. The van der Waals surface area contributed by atoms with E-state index in [1.165, 1.54) is 0 Å². The van der Waals surface area contributed by atoms with E-state index in [4.69, 9.17) is 37.7 Å². The Labute approximate surface area is 206 Å². The molecule has 0 saturated heterocycles. The monoisotopic (exact) mass is 490 g/mol. The average Bonchev–Trinajstić information content (AvgIpc) is 3.22. The van der Waals surface area contributed by atoms with E-state index in [9.17, 15) is 0 Å². The van der Waals surface area contributed by atoms with Crippen LogP contribution in [0.4, 0.5) is 0 Å². The number of methoxy groups -OCH3 is 1. The molecule has 0 amide bonds. The van der Waals surface area contributed by atoms with E-state index in [0.717, 1.165) is 33.5 Å². The van der Waals surface area contributed by atoms with E-state index in [0.29, 0.717) is 28.2 Å². The number of nitrogens with zero attached hydrogens (tertiary/aromatic N) is 4. The van der Waals surface area contributed by atoms with Gasteiger partial charge in [-0.1, -0.05) is 29.3 Å². The molecule has 0 unspecified atom stereocenters. The quantitative estimate of drug-likeness (QED) is 0.262. The predicted octanol–water partition coefficient (Wildman–Crippen LogP) is 6.44. The van der Waals surface area contributed by atoms with E-state index in [1.54, 1.807) is 43.9 Å². The highest BCUT2D eigenvalue weighted by Crippen LogP contribution is 2.28. The first-order valence-corrected chi connectivity index (χ1v) is 11.3. The molecular formula is C26H20Cl2N4O2. The van der Waals surface area contributed by atoms with Gasteiger partial charge in [0.2, 0.25) is 5.88 Å². The third-order valence-electron chi connectivity index (χ3n) is 5.46. The minimum atomic E-state index is 0.255. The van der Waals surface area contributed by atoms with Crippen LogP contribution in [-0.4, -0.2) is 26.6 Å². The molecule has 0 bridgehead atoms. The molecule has 34 heavy (non-hydrogen) atoms. The van der Waals surface area contributed by atoms with Crippen molar-refractivity contribution < 1.29 is 9.47 Å². The number of rotatable bonds is 7. The summed E-state index contributed by atoms with van der Waals surface area (Å²) in [7, 11) is 1.58. The van der Waals surface area contributed by atoms with Crippen LogP contribution in [0.25, 0.3) is 22.2 Å². The maximum atomic E-state index is 6.49. The van der Waals surface area contributed by atoms with Gasteiger partial charge in [-0.3, -0.25) is 4.98 Å². The molecule has 0 radical (unpaired) electrons. The largest absolute Gasteiger partial charge is 0.484 e. The van der Waals surface area contributed by atoms with Crippen LogP contribution in [0.1, 0.15) is 11.4 Å². The predicted molar refractivity (Wildman–Crippen MR) is 134 cm³/mol. The molecule has 170 valence electrons. The fourth-order valence-corrected chi connectivity index (χ4v) is 4.11. The lowest BCUT2D eigenvalue weighted by Crippen LogP contribution is -2.09. The Morgan fingerprint density at radius 1 is 0.912 bits per heavy atom. The van der Waals surface area contributed by atoms with Crippen molar-refractivity contribution in [3.8, 4) is 22.8 Å². The zero-order chi connectivity index (χ0) is 23.5. The zero-order valence-corrected chi connectivity index (χ0v) is 19.8. The minimum Gasteiger partial charge on any atom is -0.484 e. The van der Waals surface area contributed by atoms with Gasteiger partial charge in [-0.25, -0.2) is 9.97 Å². The summed E-state index contributed by atoms with van der Waals surface area (Å²) >= 11 is 12.7. The molecule has 0 N–H and O–H groups in total. The van der Waals surface area contributed by atoms with Gasteiger partial charge in [-0.15, -0.1) is 0 Å². The van der Waals surface area contributed by atoms with Crippen molar-refractivity contribution >= 4 is 34.2 Å². The summed E-state index contributed by atoms with van der Waals surface area (Å²) in [6, 6.07) is 19.2. The molecule has 0 aliphatic rings. The second-order valence-corrected chi connectivity index (χ2v) is 8.46. The molecule has 0 aliphatic heterocycles. The van der Waals surface area contributed by atoms with Crippen molar-refractivity contribution in [1.29, 1.82) is 0 Å². The number of hydrogen-bond donors (Lipinski definition) is 0. The first kappa shape index (κ1) is 22.2. The van der Waals surface area contributed by atoms with Gasteiger partial charge >= 0.3 is 0 Å². The van der Waals surface area contributed by atoms with Crippen LogP contribution in [0.15, 0.2) is 79.3 Å². The Balaban J connectivity index is 1.55. The number of hydrogen-bond acceptors (Lipinski definition) is 5. The summed E-state index contributed by atoms with van der Waals surface area (Å²) in [5, 5.41) is 1.27. The van der Waals surface area contributed by atoms with E-state index < -0.39 is 0 Å². The minimum absolute atomic E-state index is 0.255. The van der Waals surface area contributed by atoms with Crippen LogP contribution in [0.2, 0.25) is 10.0 Å². The zero-order valence-electron chi connectivity index (χ0n) is 18.3. The topological polar surface area (TPSA) is 62.1 Å². The molecule has 0 spiro atoms. The van der Waals surface area contributed by atoms with Gasteiger partial charge in [0.15, 0.2) is 0 Å². The number of halogens is 2. The van der Waals surface area contributed by atoms with Crippen molar-refractivity contribution in [3.05, 3.63) is 101 Å². The lowest BCUT2D eigenvalue weighted by molar-refractivity contribution is 0.289. The van der Waals surface area contributed by atoms with Gasteiger partial charge in [0, 0.05) is 28.5 Å². The van der Waals surface area contributed by atoms with Gasteiger partial charge in [0.1, 0.15) is 18.2 Å². The first-order valence-electron chi connectivity index (χ1n) is 10.6. The second-order valence-electron chi connectivity index (χ2n) is 7.61. The normalized spacial score (nSPS) is 11.0. The molecule has 0 atom stereocenters. The molecular weight excluding hydrogens is 471 g/mol. The molecule has 6 nitrogen and oxygen atoms in total. The van der Waals surface area contributed by atoms with Crippen molar-refractivity contribution in [2.24, 2.45) is 0 Å². The molecule has 8 heteroatoms. The highest BCUT2D eigenvalue weighted by atomic mass is 35.5. The van der Waals surface area contributed by atoms with Gasteiger partial charge in [-0.2, -0.15) is 0 Å². The van der Waals surface area contributed by atoms with E-state index in [1.807, 2.05) is 30.3 Å². The summed E-state index contributed by atoms with van der Waals surface area (Å²) in [5.74, 6) is 1.91. The third kappa shape index (κ3) is 4.69. The van der Waals surface area contributed by atoms with Crippen LogP contribution in [0.3, 0.4) is 0 Å². The third-order valence-corrected chi connectivity index (χ3v) is 6.07. The second kappa shape index (κ2) is 9.71. The summed E-state index contributed by atoms with van der Waals surface area (Å²) in [5.41, 5.74) is 4.88. The first-order chi connectivity index (χ1) is 16.6. The number of imidazole rings is 1. The number of benzene rings is 2. The molecule has 5 rings (SSSR count). The Hall–Kier alpha value is -3.61. The summed E-state index contributed by atoms with van der Waals surface area (Å²) in [6.07, 6.45) is 5.19. The van der Waals surface area contributed by atoms with E-state index in [2.05, 4.69) is 26.7 Å². The van der Waals surface area contributed by atoms with Crippen LogP contribution in [0, 0.1) is 0 Å². The smallest absolute Gasteiger partial charge is 0.213 e. The molecule has 3 aromatic heterocycles. The Morgan fingerprint density at radius 3 is 2.53 bits per heavy atom. The molecule has 5 aromatic rings. The Bertz CT molecular complexity index is 1440. The van der Waals surface area contributed by atoms with Crippen molar-refractivity contribution in [3.63, 3.8) is 0 Å². The van der Waals surface area contributed by atoms with Crippen molar-refractivity contribution in [2.75, 3.05) is 7.11 Å². The molecule has 3 heterocycles. The summed E-state index contributed by atoms with van der Waals surface area (Å²) < 4.78 is 13.2. The summed E-state index contributed by atoms with van der Waals surface area (Å²) in [6.45, 7) is 0.751. The lowest BCUT2D eigenvalue weighted by Gasteiger charge is -2.13. The number of ether oxygens (including phenoxy) is 2. The van der Waals surface area contributed by atoms with Crippen molar-refractivity contribution in [1.82, 2.24) is 19.5 Å². The fraction of sp³-hybridized carbons (Fsp3) is 0.115. The fourth-order valence-electron chi connectivity index (χ4n) is 3.74. The number of pyridine rings is 2. The molecule has 0 fully saturated rings. The molecule has 0 aliphatic carbocycles. The highest BCUT2D eigenvalue weighted by molar-refractivity contribution is 6.33. The Morgan fingerprint density at radius 2 is 1.76 bits per heavy atom. The standard InChI is InChI=1S/C26H20Cl2N4O2/c1-33-26-7-4-21(14-30-26)34-16-25-31-23-6-2-18(17-8-10-29-11-9-17)13-24(23)32(25)15-19-12-20(27)3-5-22(19)28/h2-14H,15-16H2,1H3. The van der Waals surface area contributed by atoms with Crippen LogP contribution < -0.4 is 9.47 Å². The van der Waals surface area contributed by atoms with Gasteiger partial charge < -0.3 is 14.0 Å². The SMILES string of the molecule is COc1ccc(OCc2nc3ccc(-c4ccncc4)cc3n2Cc2cc(Cl)ccc2Cl)cn1. The average molecular weight is 491 g/mol. The van der Waals surface area contributed by atoms with Crippen LogP contribution in [-0.2, 0) is 13.2 Å². The number of aromatic nitrogens is 4. The van der Waals surface area contributed by atoms with Crippen molar-refractivity contribution in [2.45, 2.75) is 13.2 Å². The van der Waals surface area contributed by atoms with Crippen LogP contribution >= 0.6 is 23.2 Å². The molecule has 2 aromatic carbocycles. The van der Waals surface area contributed by atoms with Gasteiger partial charge in [-0.05, 0) is 65.2 Å².